The number of nitrogens with one attached hydrogen (secondary N) is 1. The lowest BCUT2D eigenvalue weighted by molar-refractivity contribution is -0.139. The molecule has 0 aromatic carbocycles. The van der Waals surface area contributed by atoms with Crippen LogP contribution in [0.4, 0.5) is 0 Å². The Kier molecular flexibility index (Phi) is 4.26. The highest BCUT2D eigenvalue weighted by Crippen LogP contribution is 2.27. The first-order valence-corrected chi connectivity index (χ1v) is 8.18. The first-order chi connectivity index (χ1) is 10.6. The number of morpholine rings is 1. The van der Waals surface area contributed by atoms with E-state index >= 15 is 0 Å². The van der Waals surface area contributed by atoms with Gasteiger partial charge in [0.1, 0.15) is 0 Å². The largest absolute Gasteiger partial charge is 0.377 e. The SMILES string of the molecule is Cc1nc(C)c(CC(=O)N2CCOC[C@H]2c2[nH]ncc2C)s1. The van der Waals surface area contributed by atoms with Gasteiger partial charge in [0, 0.05) is 11.4 Å². The molecule has 1 fully saturated rings. The summed E-state index contributed by atoms with van der Waals surface area (Å²) >= 11 is 1.60. The maximum absolute atomic E-state index is 12.8. The first-order valence-electron chi connectivity index (χ1n) is 7.36. The molecule has 118 valence electrons. The van der Waals surface area contributed by atoms with Crippen molar-refractivity contribution in [3.05, 3.63) is 33.0 Å². The minimum Gasteiger partial charge on any atom is -0.377 e. The van der Waals surface area contributed by atoms with Crippen LogP contribution >= 0.6 is 11.3 Å². The van der Waals surface area contributed by atoms with E-state index in [1.807, 2.05) is 25.7 Å². The Morgan fingerprint density at radius 1 is 1.50 bits per heavy atom. The lowest BCUT2D eigenvalue weighted by Crippen LogP contribution is -2.44. The summed E-state index contributed by atoms with van der Waals surface area (Å²) in [6, 6.07) is -0.0851. The predicted octanol–water partition coefficient (Wildman–Crippen LogP) is 1.93. The molecule has 1 N–H and O–H groups in total. The standard InChI is InChI=1S/C15H20N4O2S/c1-9-7-16-18-15(9)12-8-21-5-4-19(12)14(20)6-13-10(2)17-11(3)22-13/h7,12H,4-6,8H2,1-3H3,(H,16,18)/t12-/m0/s1. The van der Waals surface area contributed by atoms with E-state index in [2.05, 4.69) is 15.2 Å². The summed E-state index contributed by atoms with van der Waals surface area (Å²) in [5.74, 6) is 0.119. The van der Waals surface area contributed by atoms with Crippen LogP contribution in [0.15, 0.2) is 6.20 Å². The Hall–Kier alpha value is -1.73. The summed E-state index contributed by atoms with van der Waals surface area (Å²) in [5.41, 5.74) is 2.97. The number of rotatable bonds is 3. The van der Waals surface area contributed by atoms with Gasteiger partial charge in [0.15, 0.2) is 0 Å². The zero-order chi connectivity index (χ0) is 15.7. The van der Waals surface area contributed by atoms with Crippen LogP contribution in [-0.4, -0.2) is 45.7 Å². The second-order valence-corrected chi connectivity index (χ2v) is 6.85. The monoisotopic (exact) mass is 320 g/mol. The maximum atomic E-state index is 12.8. The van der Waals surface area contributed by atoms with Gasteiger partial charge in [0.05, 0.1) is 48.3 Å². The summed E-state index contributed by atoms with van der Waals surface area (Å²) in [4.78, 5) is 20.1. The van der Waals surface area contributed by atoms with Crippen LogP contribution < -0.4 is 0 Å². The van der Waals surface area contributed by atoms with Gasteiger partial charge < -0.3 is 9.64 Å². The third kappa shape index (κ3) is 2.91. The van der Waals surface area contributed by atoms with Crippen molar-refractivity contribution in [1.29, 1.82) is 0 Å². The summed E-state index contributed by atoms with van der Waals surface area (Å²) < 4.78 is 5.57. The van der Waals surface area contributed by atoms with Crippen LogP contribution in [0.3, 0.4) is 0 Å². The number of hydrogen-bond donors (Lipinski definition) is 1. The fraction of sp³-hybridized carbons (Fsp3) is 0.533. The van der Waals surface area contributed by atoms with Gasteiger partial charge in [-0.05, 0) is 26.3 Å². The van der Waals surface area contributed by atoms with Crippen LogP contribution in [0.25, 0.3) is 0 Å². The Morgan fingerprint density at radius 3 is 2.95 bits per heavy atom. The number of carbonyl (C=O) groups excluding carboxylic acids is 1. The Morgan fingerprint density at radius 2 is 2.32 bits per heavy atom. The molecule has 0 radical (unpaired) electrons. The van der Waals surface area contributed by atoms with Gasteiger partial charge in [-0.15, -0.1) is 11.3 Å². The van der Waals surface area contributed by atoms with Gasteiger partial charge in [-0.3, -0.25) is 9.89 Å². The first kappa shape index (κ1) is 15.2. The average Bonchev–Trinajstić information content (AvgIpc) is 3.04. The molecule has 3 heterocycles. The van der Waals surface area contributed by atoms with E-state index in [4.69, 9.17) is 4.74 Å². The third-order valence-electron chi connectivity index (χ3n) is 3.96. The highest BCUT2D eigenvalue weighted by Gasteiger charge is 2.31. The van der Waals surface area contributed by atoms with Crippen LogP contribution in [0, 0.1) is 20.8 Å². The summed E-state index contributed by atoms with van der Waals surface area (Å²) in [6.45, 7) is 7.62. The second kappa shape index (κ2) is 6.18. The van der Waals surface area contributed by atoms with Gasteiger partial charge in [0.25, 0.3) is 0 Å². The van der Waals surface area contributed by atoms with E-state index < -0.39 is 0 Å². The Balaban J connectivity index is 1.80. The number of aryl methyl sites for hydroxylation is 3. The molecule has 1 saturated heterocycles. The molecule has 0 saturated carbocycles. The molecule has 0 unspecified atom stereocenters. The number of thiazole rings is 1. The third-order valence-corrected chi connectivity index (χ3v) is 5.03. The molecule has 0 bridgehead atoms. The summed E-state index contributed by atoms with van der Waals surface area (Å²) in [5, 5.41) is 8.07. The van der Waals surface area contributed by atoms with Gasteiger partial charge in [0.2, 0.25) is 5.91 Å². The van der Waals surface area contributed by atoms with Crippen molar-refractivity contribution in [1.82, 2.24) is 20.1 Å². The number of carbonyl (C=O) groups is 1. The number of nitrogens with zero attached hydrogens (tertiary/aromatic N) is 3. The molecule has 2 aromatic heterocycles. The lowest BCUT2D eigenvalue weighted by atomic mass is 10.1. The minimum atomic E-state index is -0.0851. The van der Waals surface area contributed by atoms with Crippen LogP contribution in [0.1, 0.15) is 32.9 Å². The van der Waals surface area contributed by atoms with E-state index in [1.54, 1.807) is 17.5 Å². The molecular formula is C15H20N4O2S. The number of hydrogen-bond acceptors (Lipinski definition) is 5. The zero-order valence-electron chi connectivity index (χ0n) is 13.0. The van der Waals surface area contributed by atoms with Crippen molar-refractivity contribution in [3.63, 3.8) is 0 Å². The lowest BCUT2D eigenvalue weighted by Gasteiger charge is -2.35. The van der Waals surface area contributed by atoms with Crippen LogP contribution in [-0.2, 0) is 16.0 Å². The topological polar surface area (TPSA) is 71.1 Å². The van der Waals surface area contributed by atoms with Crippen molar-refractivity contribution in [2.75, 3.05) is 19.8 Å². The summed E-state index contributed by atoms with van der Waals surface area (Å²) in [6.07, 6.45) is 2.18. The van der Waals surface area contributed by atoms with E-state index in [9.17, 15) is 4.79 Å². The highest BCUT2D eigenvalue weighted by atomic mass is 32.1. The molecule has 1 amide bonds. The minimum absolute atomic E-state index is 0.0851. The van der Waals surface area contributed by atoms with Crippen molar-refractivity contribution in [2.45, 2.75) is 33.2 Å². The van der Waals surface area contributed by atoms with Gasteiger partial charge in [-0.1, -0.05) is 0 Å². The smallest absolute Gasteiger partial charge is 0.228 e. The van der Waals surface area contributed by atoms with Gasteiger partial charge in [-0.2, -0.15) is 5.10 Å². The van der Waals surface area contributed by atoms with Crippen molar-refractivity contribution in [2.24, 2.45) is 0 Å². The van der Waals surface area contributed by atoms with Gasteiger partial charge >= 0.3 is 0 Å². The molecule has 22 heavy (non-hydrogen) atoms. The quantitative estimate of drug-likeness (QED) is 0.938. The molecule has 0 aliphatic carbocycles. The zero-order valence-corrected chi connectivity index (χ0v) is 13.9. The number of amides is 1. The molecule has 3 rings (SSSR count). The number of aromatic nitrogens is 3. The Bertz CT molecular complexity index is 679. The molecular weight excluding hydrogens is 300 g/mol. The van der Waals surface area contributed by atoms with E-state index in [-0.39, 0.29) is 11.9 Å². The van der Waals surface area contributed by atoms with Crippen molar-refractivity contribution < 1.29 is 9.53 Å². The van der Waals surface area contributed by atoms with Gasteiger partial charge in [-0.25, -0.2) is 4.98 Å². The molecule has 1 aliphatic rings. The van der Waals surface area contributed by atoms with E-state index in [1.165, 1.54) is 0 Å². The normalized spacial score (nSPS) is 18.7. The molecule has 6 nitrogen and oxygen atoms in total. The molecule has 1 aliphatic heterocycles. The average molecular weight is 320 g/mol. The molecule has 2 aromatic rings. The Labute approximate surface area is 133 Å². The highest BCUT2D eigenvalue weighted by molar-refractivity contribution is 7.11. The van der Waals surface area contributed by atoms with E-state index in [0.29, 0.717) is 26.2 Å². The van der Waals surface area contributed by atoms with E-state index in [0.717, 1.165) is 26.8 Å². The molecule has 0 spiro atoms. The maximum Gasteiger partial charge on any atom is 0.228 e. The fourth-order valence-electron chi connectivity index (χ4n) is 2.81. The van der Waals surface area contributed by atoms with Crippen molar-refractivity contribution in [3.8, 4) is 0 Å². The number of aromatic amines is 1. The second-order valence-electron chi connectivity index (χ2n) is 5.56. The predicted molar refractivity (Wildman–Crippen MR) is 83.9 cm³/mol. The number of H-pyrrole nitrogens is 1. The molecule has 1 atom stereocenters. The molecule has 7 heteroatoms. The summed E-state index contributed by atoms with van der Waals surface area (Å²) in [7, 11) is 0. The fourth-order valence-corrected chi connectivity index (χ4v) is 3.74. The van der Waals surface area contributed by atoms with Crippen LogP contribution in [0.2, 0.25) is 0 Å². The van der Waals surface area contributed by atoms with Crippen molar-refractivity contribution >= 4 is 17.2 Å². The van der Waals surface area contributed by atoms with Crippen LogP contribution in [0.5, 0.6) is 0 Å². The number of ether oxygens (including phenoxy) is 1.